The molecule has 10 heavy (non-hydrogen) atoms. The molecule has 0 fully saturated rings. The Labute approximate surface area is 60.3 Å². The molecule has 0 heterocycles. The van der Waals surface area contributed by atoms with Crippen LogP contribution in [0.4, 0.5) is 0 Å². The molecule has 0 bridgehead atoms. The van der Waals surface area contributed by atoms with Crippen LogP contribution in [0.15, 0.2) is 0 Å². The number of hydrogen-bond donors (Lipinski definition) is 1. The van der Waals surface area contributed by atoms with Gasteiger partial charge in [0.25, 0.3) is 0 Å². The number of hydrogen-bond acceptors (Lipinski definition) is 4. The summed E-state index contributed by atoms with van der Waals surface area (Å²) in [5, 5.41) is 9.77. The van der Waals surface area contributed by atoms with E-state index in [1.165, 1.54) is 14.2 Å². The predicted octanol–water partition coefficient (Wildman–Crippen LogP) is 0.259. The summed E-state index contributed by atoms with van der Waals surface area (Å²) in [6.07, 6.45) is 0.212. The molecule has 1 atom stereocenters. The van der Waals surface area contributed by atoms with E-state index in [2.05, 4.69) is 4.74 Å². The van der Waals surface area contributed by atoms with E-state index in [0.29, 0.717) is 0 Å². The summed E-state index contributed by atoms with van der Waals surface area (Å²) in [4.78, 5) is 10.6. The molecule has 1 unspecified atom stereocenters. The molecule has 0 amide bonds. The molecule has 0 saturated heterocycles. The normalized spacial score (nSPS) is 13.3. The molecule has 0 aromatic heterocycles. The maximum Gasteiger partial charge on any atom is 0.307 e. The zero-order valence-corrected chi connectivity index (χ0v) is 6.50. The highest BCUT2D eigenvalue weighted by Crippen LogP contribution is 1.98. The van der Waals surface area contributed by atoms with Crippen LogP contribution in [0.5, 0.6) is 0 Å². The minimum atomic E-state index is -0.312. The second-order valence-corrected chi connectivity index (χ2v) is 2.20. The van der Waals surface area contributed by atoms with Crippen molar-refractivity contribution >= 4 is 5.97 Å². The average molecular weight is 147 g/mol. The van der Waals surface area contributed by atoms with Gasteiger partial charge in [-0.05, 0) is 6.92 Å². The third kappa shape index (κ3) is 3.42. The number of carbonyl (C=O) groups excluding carboxylic acids is 1. The van der Waals surface area contributed by atoms with Crippen LogP contribution in [0.3, 0.4) is 0 Å². The van der Waals surface area contributed by atoms with E-state index in [1.807, 2.05) is 0 Å². The van der Waals surface area contributed by atoms with Crippen LogP contribution in [0, 0.1) is 0 Å². The smallest absolute Gasteiger partial charge is 0.307 e. The van der Waals surface area contributed by atoms with Crippen LogP contribution in [0.25, 0.3) is 0 Å². The van der Waals surface area contributed by atoms with Crippen LogP contribution in [-0.2, 0) is 9.53 Å². The first-order valence-corrected chi connectivity index (χ1v) is 3.06. The molecule has 0 aliphatic rings. The second kappa shape index (κ2) is 4.24. The first-order chi connectivity index (χ1) is 4.57. The molecule has 60 valence electrons. The van der Waals surface area contributed by atoms with Gasteiger partial charge >= 0.3 is 5.97 Å². The van der Waals surface area contributed by atoms with E-state index in [1.54, 1.807) is 6.92 Å². The number of carbonyl (C=O) groups is 1. The van der Waals surface area contributed by atoms with Gasteiger partial charge in [0.2, 0.25) is 0 Å². The first-order valence-electron chi connectivity index (χ1n) is 3.06. The number of nitrogens with zero attached hydrogens (tertiary/aromatic N) is 1. The fourth-order valence-corrected chi connectivity index (χ4v) is 0.457. The summed E-state index contributed by atoms with van der Waals surface area (Å²) >= 11 is 0. The largest absolute Gasteiger partial charge is 0.469 e. The monoisotopic (exact) mass is 147 g/mol. The molecule has 0 aliphatic carbocycles. The zero-order valence-electron chi connectivity index (χ0n) is 6.50. The van der Waals surface area contributed by atoms with Gasteiger partial charge in [-0.25, -0.2) is 0 Å². The van der Waals surface area contributed by atoms with Crippen molar-refractivity contribution in [3.63, 3.8) is 0 Å². The molecule has 0 aromatic rings. The van der Waals surface area contributed by atoms with Crippen LogP contribution < -0.4 is 0 Å². The molecule has 0 spiro atoms. The Morgan fingerprint density at radius 3 is 2.60 bits per heavy atom. The summed E-state index contributed by atoms with van der Waals surface area (Å²) < 4.78 is 4.39. The van der Waals surface area contributed by atoms with Crippen molar-refractivity contribution in [1.82, 2.24) is 5.06 Å². The van der Waals surface area contributed by atoms with Crippen molar-refractivity contribution in [3.05, 3.63) is 0 Å². The summed E-state index contributed by atoms with van der Waals surface area (Å²) in [6, 6.07) is -0.188. The molecular weight excluding hydrogens is 134 g/mol. The Kier molecular flexibility index (Phi) is 3.99. The number of methoxy groups -OCH3 is 1. The van der Waals surface area contributed by atoms with Crippen LogP contribution in [0.2, 0.25) is 0 Å². The Morgan fingerprint density at radius 1 is 1.80 bits per heavy atom. The van der Waals surface area contributed by atoms with Crippen molar-refractivity contribution in [2.24, 2.45) is 0 Å². The molecular formula is C6H13NO3. The van der Waals surface area contributed by atoms with E-state index in [0.717, 1.165) is 5.06 Å². The van der Waals surface area contributed by atoms with E-state index < -0.39 is 0 Å². The lowest BCUT2D eigenvalue weighted by atomic mass is 10.2. The minimum absolute atomic E-state index is 0.188. The number of rotatable bonds is 3. The van der Waals surface area contributed by atoms with Gasteiger partial charge in [-0.3, -0.25) is 4.79 Å². The lowest BCUT2D eigenvalue weighted by molar-refractivity contribution is -0.148. The summed E-state index contributed by atoms with van der Waals surface area (Å²) in [5.41, 5.74) is 0. The number of esters is 1. The van der Waals surface area contributed by atoms with Gasteiger partial charge < -0.3 is 9.94 Å². The third-order valence-corrected chi connectivity index (χ3v) is 1.33. The molecule has 0 radical (unpaired) electrons. The van der Waals surface area contributed by atoms with E-state index in [9.17, 15) is 4.79 Å². The lowest BCUT2D eigenvalue weighted by Crippen LogP contribution is -2.28. The maximum absolute atomic E-state index is 10.6. The molecule has 4 heteroatoms. The molecule has 1 N–H and O–H groups in total. The van der Waals surface area contributed by atoms with Gasteiger partial charge in [-0.15, -0.1) is 0 Å². The fraction of sp³-hybridized carbons (Fsp3) is 0.833. The van der Waals surface area contributed by atoms with Gasteiger partial charge in [0.15, 0.2) is 0 Å². The van der Waals surface area contributed by atoms with Crippen molar-refractivity contribution in [2.45, 2.75) is 19.4 Å². The standard InChI is InChI=1S/C6H13NO3/c1-5(7(2)9)4-6(8)10-3/h5,9H,4H2,1-3H3. The van der Waals surface area contributed by atoms with E-state index in [-0.39, 0.29) is 18.4 Å². The Bertz CT molecular complexity index is 114. The summed E-state index contributed by atoms with van der Waals surface area (Å²) in [7, 11) is 2.82. The van der Waals surface area contributed by atoms with Gasteiger partial charge in [-0.1, -0.05) is 0 Å². The van der Waals surface area contributed by atoms with Crippen molar-refractivity contribution in [1.29, 1.82) is 0 Å². The van der Waals surface area contributed by atoms with Crippen molar-refractivity contribution < 1.29 is 14.7 Å². The highest BCUT2D eigenvalue weighted by Gasteiger charge is 2.11. The van der Waals surface area contributed by atoms with Gasteiger partial charge in [0, 0.05) is 13.1 Å². The van der Waals surface area contributed by atoms with Crippen LogP contribution >= 0.6 is 0 Å². The molecule has 4 nitrogen and oxygen atoms in total. The predicted molar refractivity (Wildman–Crippen MR) is 35.6 cm³/mol. The fourth-order valence-electron chi connectivity index (χ4n) is 0.457. The van der Waals surface area contributed by atoms with E-state index >= 15 is 0 Å². The molecule has 0 rings (SSSR count). The number of ether oxygens (including phenoxy) is 1. The zero-order chi connectivity index (χ0) is 8.15. The maximum atomic E-state index is 10.6. The lowest BCUT2D eigenvalue weighted by Gasteiger charge is -2.15. The SMILES string of the molecule is COC(=O)CC(C)N(C)O. The Balaban J connectivity index is 3.57. The molecule has 0 aromatic carbocycles. The highest BCUT2D eigenvalue weighted by molar-refractivity contribution is 5.69. The van der Waals surface area contributed by atoms with Crippen molar-refractivity contribution in [2.75, 3.05) is 14.2 Å². The third-order valence-electron chi connectivity index (χ3n) is 1.33. The topological polar surface area (TPSA) is 49.8 Å². The quantitative estimate of drug-likeness (QED) is 0.459. The van der Waals surface area contributed by atoms with E-state index in [4.69, 9.17) is 5.21 Å². The average Bonchev–Trinajstić information content (AvgIpc) is 1.87. The summed E-state index contributed by atoms with van der Waals surface area (Å²) in [5.74, 6) is -0.312. The van der Waals surface area contributed by atoms with Crippen LogP contribution in [0.1, 0.15) is 13.3 Å². The molecule has 0 saturated carbocycles. The minimum Gasteiger partial charge on any atom is -0.469 e. The Hall–Kier alpha value is -0.610. The van der Waals surface area contributed by atoms with Gasteiger partial charge in [-0.2, -0.15) is 5.06 Å². The second-order valence-electron chi connectivity index (χ2n) is 2.20. The first kappa shape index (κ1) is 9.39. The highest BCUT2D eigenvalue weighted by atomic mass is 16.5. The van der Waals surface area contributed by atoms with Crippen LogP contribution in [-0.4, -0.2) is 36.4 Å². The summed E-state index contributed by atoms with van der Waals surface area (Å²) in [6.45, 7) is 1.73. The number of hydroxylamine groups is 2. The van der Waals surface area contributed by atoms with Crippen molar-refractivity contribution in [3.8, 4) is 0 Å². The van der Waals surface area contributed by atoms with Gasteiger partial charge in [0.1, 0.15) is 0 Å². The molecule has 0 aliphatic heterocycles. The van der Waals surface area contributed by atoms with Gasteiger partial charge in [0.05, 0.1) is 13.5 Å². The Morgan fingerprint density at radius 2 is 2.30 bits per heavy atom.